The van der Waals surface area contributed by atoms with Gasteiger partial charge < -0.3 is 24.6 Å². The zero-order chi connectivity index (χ0) is 18.8. The molecule has 0 saturated carbocycles. The summed E-state index contributed by atoms with van der Waals surface area (Å²) in [7, 11) is 3.39. The Balaban J connectivity index is 0.00000364. The molecule has 8 heteroatoms. The number of para-hydroxylation sites is 1. The van der Waals surface area contributed by atoms with Gasteiger partial charge in [-0.3, -0.25) is 4.99 Å². The number of aliphatic imine (C=N–C) groups is 1. The Labute approximate surface area is 177 Å². The van der Waals surface area contributed by atoms with E-state index in [0.29, 0.717) is 38.2 Å². The molecule has 0 fully saturated rings. The van der Waals surface area contributed by atoms with Crippen LogP contribution in [0.5, 0.6) is 5.75 Å². The van der Waals surface area contributed by atoms with Crippen LogP contribution in [-0.4, -0.2) is 38.4 Å². The first-order valence-corrected chi connectivity index (χ1v) is 8.73. The van der Waals surface area contributed by atoms with Crippen molar-refractivity contribution in [1.82, 2.24) is 15.8 Å². The van der Waals surface area contributed by atoms with Crippen LogP contribution in [0.1, 0.15) is 36.8 Å². The van der Waals surface area contributed by atoms with E-state index in [1.807, 2.05) is 30.3 Å². The zero-order valence-corrected chi connectivity index (χ0v) is 18.7. The molecule has 0 aliphatic carbocycles. The average Bonchev–Trinajstić information content (AvgIpc) is 3.13. The number of aromatic nitrogens is 1. The Kier molecular flexibility index (Phi) is 10.8. The van der Waals surface area contributed by atoms with Crippen molar-refractivity contribution >= 4 is 29.9 Å². The zero-order valence-electron chi connectivity index (χ0n) is 16.3. The molecule has 2 aromatic rings. The summed E-state index contributed by atoms with van der Waals surface area (Å²) in [6.45, 7) is 6.40. The van der Waals surface area contributed by atoms with Crippen LogP contribution in [0.15, 0.2) is 39.8 Å². The van der Waals surface area contributed by atoms with E-state index in [2.05, 4.69) is 34.6 Å². The maximum absolute atomic E-state index is 5.70. The monoisotopic (exact) mass is 488 g/mol. The number of guanidine groups is 1. The first kappa shape index (κ1) is 23.2. The van der Waals surface area contributed by atoms with Crippen molar-refractivity contribution in [1.29, 1.82) is 0 Å². The van der Waals surface area contributed by atoms with Crippen LogP contribution < -0.4 is 15.4 Å². The highest BCUT2D eigenvalue weighted by Crippen LogP contribution is 2.17. The van der Waals surface area contributed by atoms with E-state index in [9.17, 15) is 0 Å². The van der Waals surface area contributed by atoms with Gasteiger partial charge in [0.05, 0.1) is 32.6 Å². The highest BCUT2D eigenvalue weighted by molar-refractivity contribution is 14.0. The quantitative estimate of drug-likeness (QED) is 0.244. The molecule has 0 radical (unpaired) electrons. The Bertz CT molecular complexity index is 704. The number of hydrogen-bond donors (Lipinski definition) is 2. The van der Waals surface area contributed by atoms with E-state index < -0.39 is 0 Å². The van der Waals surface area contributed by atoms with Crippen LogP contribution in [0.25, 0.3) is 0 Å². The molecule has 27 heavy (non-hydrogen) atoms. The number of nitrogens with zero attached hydrogens (tertiary/aromatic N) is 2. The molecule has 1 aromatic heterocycles. The molecule has 2 N–H and O–H groups in total. The fourth-order valence-electron chi connectivity index (χ4n) is 2.32. The summed E-state index contributed by atoms with van der Waals surface area (Å²) in [6.07, 6.45) is 0. The van der Waals surface area contributed by atoms with Crippen LogP contribution in [-0.2, 0) is 17.9 Å². The van der Waals surface area contributed by atoms with Crippen LogP contribution in [0.4, 0.5) is 0 Å². The third-order valence-corrected chi connectivity index (χ3v) is 3.81. The first-order valence-electron chi connectivity index (χ1n) is 8.73. The van der Waals surface area contributed by atoms with Gasteiger partial charge in [-0.2, -0.15) is 0 Å². The van der Waals surface area contributed by atoms with Gasteiger partial charge in [0, 0.05) is 25.2 Å². The Morgan fingerprint density at radius 3 is 2.70 bits per heavy atom. The maximum atomic E-state index is 5.70. The Morgan fingerprint density at radius 1 is 1.26 bits per heavy atom. The largest absolute Gasteiger partial charge is 0.496 e. The summed E-state index contributed by atoms with van der Waals surface area (Å²) < 4.78 is 16.3. The molecule has 0 spiro atoms. The summed E-state index contributed by atoms with van der Waals surface area (Å²) in [5, 5.41) is 10.4. The molecule has 7 nitrogen and oxygen atoms in total. The molecule has 0 aliphatic heterocycles. The van der Waals surface area contributed by atoms with Gasteiger partial charge in [-0.05, 0) is 12.0 Å². The van der Waals surface area contributed by atoms with Gasteiger partial charge in [-0.25, -0.2) is 0 Å². The molecule has 0 unspecified atom stereocenters. The molecular formula is C19H29IN4O3. The number of rotatable bonds is 9. The van der Waals surface area contributed by atoms with E-state index in [0.717, 1.165) is 22.8 Å². The summed E-state index contributed by atoms with van der Waals surface area (Å²) in [5.41, 5.74) is 1.98. The summed E-state index contributed by atoms with van der Waals surface area (Å²) >= 11 is 0. The topological polar surface area (TPSA) is 80.9 Å². The van der Waals surface area contributed by atoms with E-state index in [-0.39, 0.29) is 24.0 Å². The fraction of sp³-hybridized carbons (Fsp3) is 0.474. The molecule has 0 saturated heterocycles. The highest BCUT2D eigenvalue weighted by Gasteiger charge is 2.08. The molecule has 0 amide bonds. The first-order chi connectivity index (χ1) is 12.6. The number of ether oxygens (including phenoxy) is 2. The van der Waals surface area contributed by atoms with Crippen molar-refractivity contribution < 1.29 is 14.0 Å². The summed E-state index contributed by atoms with van der Waals surface area (Å²) in [6, 6.07) is 9.80. The third kappa shape index (κ3) is 7.76. The van der Waals surface area contributed by atoms with Gasteiger partial charge in [-0.1, -0.05) is 37.2 Å². The Morgan fingerprint density at radius 2 is 2.04 bits per heavy atom. The van der Waals surface area contributed by atoms with Crippen LogP contribution in [0.2, 0.25) is 0 Å². The number of nitrogens with one attached hydrogen (secondary N) is 2. The smallest absolute Gasteiger partial charge is 0.191 e. The van der Waals surface area contributed by atoms with Gasteiger partial charge in [0.15, 0.2) is 11.7 Å². The lowest BCUT2D eigenvalue weighted by Gasteiger charge is -2.12. The number of benzene rings is 1. The van der Waals surface area contributed by atoms with Gasteiger partial charge in [-0.15, -0.1) is 24.0 Å². The fourth-order valence-corrected chi connectivity index (χ4v) is 2.32. The second-order valence-corrected chi connectivity index (χ2v) is 6.09. The lowest BCUT2D eigenvalue weighted by Crippen LogP contribution is -2.38. The highest BCUT2D eigenvalue weighted by atomic mass is 127. The van der Waals surface area contributed by atoms with Crippen LogP contribution in [0.3, 0.4) is 0 Å². The van der Waals surface area contributed by atoms with Crippen molar-refractivity contribution in [2.75, 3.05) is 27.3 Å². The van der Waals surface area contributed by atoms with Crippen molar-refractivity contribution in [2.24, 2.45) is 4.99 Å². The summed E-state index contributed by atoms with van der Waals surface area (Å²) in [4.78, 5) is 4.19. The van der Waals surface area contributed by atoms with Gasteiger partial charge >= 0.3 is 0 Å². The molecule has 150 valence electrons. The standard InChI is InChI=1S/C19H28N4O3.HI/c1-14(2)17-11-16(26-23-17)12-22-19(20-3)21-9-10-25-13-15-7-5-6-8-18(15)24-4;/h5-8,11,14H,9-10,12-13H2,1-4H3,(H2,20,21,22);1H. The predicted octanol–water partition coefficient (Wildman–Crippen LogP) is 3.31. The lowest BCUT2D eigenvalue weighted by atomic mass is 10.1. The van der Waals surface area contributed by atoms with E-state index in [1.165, 1.54) is 0 Å². The van der Waals surface area contributed by atoms with Gasteiger partial charge in [0.25, 0.3) is 0 Å². The molecular weight excluding hydrogens is 459 g/mol. The van der Waals surface area contributed by atoms with E-state index >= 15 is 0 Å². The second-order valence-electron chi connectivity index (χ2n) is 6.09. The molecule has 2 rings (SSSR count). The number of hydrogen-bond acceptors (Lipinski definition) is 5. The van der Waals surface area contributed by atoms with Crippen molar-refractivity contribution in [3.05, 3.63) is 47.3 Å². The second kappa shape index (κ2) is 12.6. The van der Waals surface area contributed by atoms with Crippen LogP contribution >= 0.6 is 24.0 Å². The predicted molar refractivity (Wildman–Crippen MR) is 117 cm³/mol. The van der Waals surface area contributed by atoms with Crippen molar-refractivity contribution in [3.8, 4) is 5.75 Å². The minimum atomic E-state index is 0. The Hall–Kier alpha value is -1.81. The van der Waals surface area contributed by atoms with Crippen LogP contribution in [0, 0.1) is 0 Å². The third-order valence-electron chi connectivity index (χ3n) is 3.81. The van der Waals surface area contributed by atoms with Crippen molar-refractivity contribution in [2.45, 2.75) is 32.9 Å². The molecule has 0 atom stereocenters. The minimum absolute atomic E-state index is 0. The molecule has 0 bridgehead atoms. The minimum Gasteiger partial charge on any atom is -0.496 e. The molecule has 0 aliphatic rings. The van der Waals surface area contributed by atoms with Crippen molar-refractivity contribution in [3.63, 3.8) is 0 Å². The maximum Gasteiger partial charge on any atom is 0.191 e. The number of halogens is 1. The van der Waals surface area contributed by atoms with Gasteiger partial charge in [0.2, 0.25) is 0 Å². The van der Waals surface area contributed by atoms with E-state index in [1.54, 1.807) is 14.2 Å². The van der Waals surface area contributed by atoms with Gasteiger partial charge in [0.1, 0.15) is 5.75 Å². The van der Waals surface area contributed by atoms with E-state index in [4.69, 9.17) is 14.0 Å². The normalized spacial score (nSPS) is 11.2. The SMILES string of the molecule is CN=C(NCCOCc1ccccc1OC)NCc1cc(C(C)C)no1.I. The number of methoxy groups -OCH3 is 1. The average molecular weight is 488 g/mol. The molecule has 1 aromatic carbocycles. The lowest BCUT2D eigenvalue weighted by molar-refractivity contribution is 0.123. The summed E-state index contributed by atoms with van der Waals surface area (Å²) in [5.74, 6) is 2.66. The molecule has 1 heterocycles.